The summed E-state index contributed by atoms with van der Waals surface area (Å²) < 4.78 is 0. The molecule has 0 amide bonds. The smallest absolute Gasteiger partial charge is 0.0623 e. The zero-order valence-corrected chi connectivity index (χ0v) is 31.7. The number of nitrogens with zero attached hydrogens (tertiary/aromatic N) is 1. The minimum Gasteiger partial charge on any atom is -1.00 e. The van der Waals surface area contributed by atoms with Gasteiger partial charge in [-0.2, -0.15) is 0 Å². The second-order valence-electron chi connectivity index (χ2n) is 7.16. The second-order valence-corrected chi connectivity index (χ2v) is 11.3. The third-order valence-electron chi connectivity index (χ3n) is 5.22. The number of pyridine rings is 1. The van der Waals surface area contributed by atoms with E-state index in [0.717, 1.165) is 11.3 Å². The van der Waals surface area contributed by atoms with Crippen LogP contribution in [0.1, 0.15) is 40.0 Å². The summed E-state index contributed by atoms with van der Waals surface area (Å²) >= 11 is 0. The number of fused-ring (bicyclic) bond motifs is 1. The van der Waals surface area contributed by atoms with E-state index in [0.29, 0.717) is 0 Å². The first-order valence-electron chi connectivity index (χ1n) is 9.96. The van der Waals surface area contributed by atoms with E-state index in [2.05, 4.69) is 75.4 Å². The zero-order valence-electron chi connectivity index (χ0n) is 18.9. The van der Waals surface area contributed by atoms with Crippen molar-refractivity contribution >= 4 is 23.3 Å². The summed E-state index contributed by atoms with van der Waals surface area (Å²) in [5.41, 5.74) is 2.21. The van der Waals surface area contributed by atoms with Gasteiger partial charge in [0.05, 0.1) is 18.5 Å². The van der Waals surface area contributed by atoms with Gasteiger partial charge in [0.2, 0.25) is 0 Å². The van der Waals surface area contributed by atoms with Crippen LogP contribution < -0.4 is 107 Å². The molecule has 1 aromatic heterocycles. The van der Waals surface area contributed by atoms with Crippen LogP contribution in [-0.2, 0) is 20.1 Å². The van der Waals surface area contributed by atoms with Crippen molar-refractivity contribution < 1.29 is 122 Å². The van der Waals surface area contributed by atoms with Gasteiger partial charge in [0.1, 0.15) is 0 Å². The zero-order chi connectivity index (χ0) is 18.4. The van der Waals surface area contributed by atoms with E-state index in [1.807, 2.05) is 6.20 Å². The fourth-order valence-electron chi connectivity index (χ4n) is 4.23. The quantitative estimate of drug-likeness (QED) is 0.162. The van der Waals surface area contributed by atoms with E-state index < -0.39 is 7.26 Å². The Morgan fingerprint density at radius 1 is 0.758 bits per heavy atom. The van der Waals surface area contributed by atoms with Crippen molar-refractivity contribution in [3.05, 3.63) is 60.8 Å². The summed E-state index contributed by atoms with van der Waals surface area (Å²) in [5, 5.41) is 4.04. The van der Waals surface area contributed by atoms with Crippen LogP contribution >= 0.6 is 7.26 Å². The maximum absolute atomic E-state index is 4.72. The first kappa shape index (κ1) is 44.8. The Balaban J connectivity index is -0.000000373. The molecule has 3 aromatic rings. The van der Waals surface area contributed by atoms with Crippen LogP contribution in [-0.4, -0.2) is 23.5 Å². The molecule has 0 aliphatic heterocycles. The van der Waals surface area contributed by atoms with Crippen LogP contribution in [0.2, 0.25) is 0 Å². The minimum atomic E-state index is -1.10. The van der Waals surface area contributed by atoms with Crippen molar-refractivity contribution in [2.75, 3.05) is 18.5 Å². The summed E-state index contributed by atoms with van der Waals surface area (Å²) in [6, 6.07) is 20.9. The molecule has 1 radical (unpaired) electrons. The van der Waals surface area contributed by atoms with Crippen molar-refractivity contribution in [3.8, 4) is 11.3 Å². The molecule has 193 valence electrons. The predicted molar refractivity (Wildman–Crippen MR) is 118 cm³/mol. The van der Waals surface area contributed by atoms with Gasteiger partial charge in [-0.1, -0.05) is 45.0 Å². The van der Waals surface area contributed by atoms with Gasteiger partial charge in [-0.25, -0.2) is 0 Å². The maximum Gasteiger partial charge on any atom is 0.0623 e. The van der Waals surface area contributed by atoms with Crippen molar-refractivity contribution in [1.82, 2.24) is 4.98 Å². The Bertz CT molecular complexity index is 862. The summed E-state index contributed by atoms with van der Waals surface area (Å²) in [7, 11) is -1.10. The summed E-state index contributed by atoms with van der Waals surface area (Å²) in [6.07, 6.45) is 9.82. The Kier molecular flexibility index (Phi) is 31.2. The van der Waals surface area contributed by atoms with Gasteiger partial charge in [0.25, 0.3) is 0 Å². The molecule has 0 unspecified atom stereocenters. The number of hydrogen-bond acceptors (Lipinski definition) is 1. The van der Waals surface area contributed by atoms with E-state index >= 15 is 0 Å². The van der Waals surface area contributed by atoms with Gasteiger partial charge < -0.3 is 107 Å². The molecule has 0 atom stereocenters. The molecule has 3 rings (SSSR count). The van der Waals surface area contributed by atoms with Gasteiger partial charge in [-0.05, 0) is 41.8 Å². The molecule has 2 aromatic carbocycles. The molecule has 0 N–H and O–H groups in total. The monoisotopic (exact) mass is 1030 g/mol. The third-order valence-corrected chi connectivity index (χ3v) is 10.5. The van der Waals surface area contributed by atoms with E-state index in [1.165, 1.54) is 48.5 Å². The molecule has 1 nitrogen and oxygen atoms in total. The van der Waals surface area contributed by atoms with E-state index in [9.17, 15) is 0 Å². The molecule has 0 fully saturated rings. The van der Waals surface area contributed by atoms with Crippen LogP contribution in [0.15, 0.2) is 54.7 Å². The molecule has 0 bridgehead atoms. The Morgan fingerprint density at radius 3 is 1.85 bits per heavy atom. The standard InChI is InChI=1S/C24H30NP.6BrH.Ir/c1-4-16-26(17-5-2,18-6-3)22-12-9-11-21(19-22)24-23-13-8-7-10-20(23)14-15-25-24;;;;;;;/h7-10,12-15,19H,4-6,16-18H2,1-3H3;6*1H;/p-6. The van der Waals surface area contributed by atoms with E-state index in [4.69, 9.17) is 4.98 Å². The maximum atomic E-state index is 4.72. The topological polar surface area (TPSA) is 12.9 Å². The number of halogens is 6. The number of aromatic nitrogens is 1. The molecule has 33 heavy (non-hydrogen) atoms. The fourth-order valence-corrected chi connectivity index (χ4v) is 9.03. The van der Waals surface area contributed by atoms with Crippen molar-refractivity contribution in [2.45, 2.75) is 40.0 Å². The molecule has 0 saturated carbocycles. The summed E-state index contributed by atoms with van der Waals surface area (Å²) in [5.74, 6) is 0. The predicted octanol–water partition coefficient (Wildman–Crippen LogP) is -11.4. The molecule has 0 aliphatic carbocycles. The van der Waals surface area contributed by atoms with Crippen LogP contribution in [0.4, 0.5) is 0 Å². The fraction of sp³-hybridized carbons (Fsp3) is 0.375. The number of hydrogen-bond donors (Lipinski definition) is 0. The van der Waals surface area contributed by atoms with Gasteiger partial charge in [0, 0.05) is 38.9 Å². The first-order chi connectivity index (χ1) is 12.7. The number of rotatable bonds is 8. The molecule has 1 heterocycles. The Morgan fingerprint density at radius 2 is 1.30 bits per heavy atom. The first-order valence-corrected chi connectivity index (χ1v) is 12.3. The van der Waals surface area contributed by atoms with Crippen LogP contribution in [0.3, 0.4) is 0 Å². The summed E-state index contributed by atoms with van der Waals surface area (Å²) in [4.78, 5) is 4.72. The average molecular weight is 1040 g/mol. The normalized spacial score (nSPS) is 9.30. The van der Waals surface area contributed by atoms with Crippen molar-refractivity contribution in [3.63, 3.8) is 0 Å². The minimum absolute atomic E-state index is 0. The van der Waals surface area contributed by atoms with E-state index in [-0.39, 0.29) is 122 Å². The second kappa shape index (κ2) is 23.0. The van der Waals surface area contributed by atoms with Crippen molar-refractivity contribution in [2.24, 2.45) is 0 Å². The molecule has 0 aliphatic rings. The Hall–Kier alpha value is 1.81. The van der Waals surface area contributed by atoms with Gasteiger partial charge in [-0.3, -0.25) is 0 Å². The third kappa shape index (κ3) is 11.4. The molecular weight excluding hydrogens is 1000 g/mol. The number of benzene rings is 2. The van der Waals surface area contributed by atoms with E-state index in [1.54, 1.807) is 5.30 Å². The molecule has 9 heteroatoms. The Labute approximate surface area is 277 Å². The van der Waals surface area contributed by atoms with Gasteiger partial charge in [0.15, 0.2) is 0 Å². The summed E-state index contributed by atoms with van der Waals surface area (Å²) in [6.45, 7) is 7.01. The molecule has 0 spiro atoms. The largest absolute Gasteiger partial charge is 1.00 e. The van der Waals surface area contributed by atoms with Crippen LogP contribution in [0.25, 0.3) is 22.0 Å². The van der Waals surface area contributed by atoms with Gasteiger partial charge >= 0.3 is 0 Å². The van der Waals surface area contributed by atoms with Crippen molar-refractivity contribution in [1.29, 1.82) is 0 Å². The molecule has 0 saturated heterocycles. The molecular formula is C24H30Br6IrNP-6. The van der Waals surface area contributed by atoms with Gasteiger partial charge in [-0.15, -0.1) is 29.8 Å². The van der Waals surface area contributed by atoms with Crippen LogP contribution in [0, 0.1) is 6.07 Å². The van der Waals surface area contributed by atoms with Crippen LogP contribution in [0.5, 0.6) is 0 Å². The average Bonchev–Trinajstić information content (AvgIpc) is 2.68. The SMILES string of the molecule is CCC[P+](CCC)(CCC)c1cc[c-]c(-c2nccc3ccccc23)c1.[Br-].[Br-].[Br-].[Br-].[Br-].[Br-].[Ir].